The summed E-state index contributed by atoms with van der Waals surface area (Å²) in [4.78, 5) is 36.1. The summed E-state index contributed by atoms with van der Waals surface area (Å²) in [5, 5.41) is 5.63. The maximum absolute atomic E-state index is 12.3. The van der Waals surface area contributed by atoms with E-state index in [1.54, 1.807) is 0 Å². The second-order valence-electron chi connectivity index (χ2n) is 7.01. The van der Waals surface area contributed by atoms with Crippen molar-refractivity contribution in [2.24, 2.45) is 4.99 Å². The molecule has 0 radical (unpaired) electrons. The largest absolute Gasteiger partial charge is 0.461 e. The highest BCUT2D eigenvalue weighted by Crippen LogP contribution is 2.17. The topological polar surface area (TPSA) is 158 Å². The third-order valence-electron chi connectivity index (χ3n) is 4.59. The number of carbonyl (C=O) groups is 2. The number of hydrogen-bond acceptors (Lipinski definition) is 9. The van der Waals surface area contributed by atoms with Gasteiger partial charge in [-0.15, -0.1) is 0 Å². The maximum Gasteiger partial charge on any atom is 0.306 e. The first-order chi connectivity index (χ1) is 14.9. The monoisotopic (exact) mass is 445 g/mol. The normalized spacial score (nSPS) is 15.1. The number of nitrogens with two attached hydrogens (primary N) is 2. The third-order valence-corrected chi connectivity index (χ3v) is 4.87. The molecule has 3 rings (SSSR count). The Morgan fingerprint density at radius 1 is 1.16 bits per heavy atom. The summed E-state index contributed by atoms with van der Waals surface area (Å²) in [7, 11) is 0. The zero-order chi connectivity index (χ0) is 22.2. The van der Waals surface area contributed by atoms with Crippen molar-refractivity contribution in [3.8, 4) is 0 Å². The highest BCUT2D eigenvalue weighted by molar-refractivity contribution is 6.31. The lowest BCUT2D eigenvalue weighted by molar-refractivity contribution is -0.145. The first kappa shape index (κ1) is 22.3. The van der Waals surface area contributed by atoms with Gasteiger partial charge in [-0.05, 0) is 18.4 Å². The molecule has 0 aliphatic carbocycles. The fourth-order valence-electron chi connectivity index (χ4n) is 2.97. The predicted octanol–water partition coefficient (Wildman–Crippen LogP) is 1.66. The summed E-state index contributed by atoms with van der Waals surface area (Å²) in [5.74, 6) is -0.635. The van der Waals surface area contributed by atoms with Gasteiger partial charge in [-0.3, -0.25) is 19.9 Å². The Balaban J connectivity index is 1.33. The van der Waals surface area contributed by atoms with Crippen molar-refractivity contribution in [1.29, 1.82) is 0 Å². The molecule has 31 heavy (non-hydrogen) atoms. The number of amides is 1. The zero-order valence-corrected chi connectivity index (χ0v) is 17.6. The Hall–Kier alpha value is -3.40. The Labute approximate surface area is 184 Å². The number of nitrogen functional groups attached to an aromatic ring is 2. The summed E-state index contributed by atoms with van der Waals surface area (Å²) < 4.78 is 5.27. The van der Waals surface area contributed by atoms with Crippen molar-refractivity contribution in [1.82, 2.24) is 20.6 Å². The average molecular weight is 446 g/mol. The molecule has 10 nitrogen and oxygen atoms in total. The molecule has 1 amide bonds. The van der Waals surface area contributed by atoms with Crippen LogP contribution in [0.3, 0.4) is 0 Å². The van der Waals surface area contributed by atoms with Gasteiger partial charge in [0.15, 0.2) is 28.4 Å². The van der Waals surface area contributed by atoms with Gasteiger partial charge in [0.1, 0.15) is 6.61 Å². The fraction of sp³-hybridized carbons (Fsp3) is 0.350. The van der Waals surface area contributed by atoms with Crippen LogP contribution in [0.1, 0.15) is 41.7 Å². The second kappa shape index (κ2) is 10.6. The van der Waals surface area contributed by atoms with E-state index in [9.17, 15) is 9.59 Å². The number of hydrogen-bond donors (Lipinski definition) is 4. The number of aromatic nitrogens is 2. The van der Waals surface area contributed by atoms with E-state index in [4.69, 9.17) is 27.8 Å². The van der Waals surface area contributed by atoms with Gasteiger partial charge in [-0.2, -0.15) is 0 Å². The summed E-state index contributed by atoms with van der Waals surface area (Å²) >= 11 is 5.80. The van der Waals surface area contributed by atoms with E-state index in [0.717, 1.165) is 18.4 Å². The quantitative estimate of drug-likeness (QED) is 0.352. The number of nitrogens with zero attached hydrogens (tertiary/aromatic N) is 3. The van der Waals surface area contributed by atoms with Crippen LogP contribution in [-0.4, -0.2) is 40.4 Å². The van der Waals surface area contributed by atoms with Crippen LogP contribution in [-0.2, 0) is 16.1 Å². The Kier molecular flexibility index (Phi) is 7.60. The van der Waals surface area contributed by atoms with Crippen molar-refractivity contribution in [3.63, 3.8) is 0 Å². The Morgan fingerprint density at radius 3 is 2.71 bits per heavy atom. The number of nitrogens with one attached hydrogen (secondary N) is 2. The van der Waals surface area contributed by atoms with E-state index in [2.05, 4.69) is 25.6 Å². The number of rotatable bonds is 8. The molecule has 1 aromatic carbocycles. The summed E-state index contributed by atoms with van der Waals surface area (Å²) in [5.41, 5.74) is 12.0. The van der Waals surface area contributed by atoms with E-state index in [0.29, 0.717) is 25.3 Å². The highest BCUT2D eigenvalue weighted by Gasteiger charge is 2.22. The van der Waals surface area contributed by atoms with E-state index < -0.39 is 5.91 Å². The molecule has 2 aromatic rings. The highest BCUT2D eigenvalue weighted by atomic mass is 35.5. The van der Waals surface area contributed by atoms with Gasteiger partial charge in [0, 0.05) is 12.5 Å². The van der Waals surface area contributed by atoms with E-state index >= 15 is 0 Å². The molecule has 11 heteroatoms. The second-order valence-corrected chi connectivity index (χ2v) is 7.37. The molecule has 0 bridgehead atoms. The van der Waals surface area contributed by atoms with E-state index in [1.165, 1.54) is 0 Å². The van der Waals surface area contributed by atoms with Gasteiger partial charge in [-0.1, -0.05) is 48.4 Å². The Morgan fingerprint density at radius 2 is 1.94 bits per heavy atom. The number of aliphatic imine (C=N–C) groups is 1. The molecule has 164 valence electrons. The van der Waals surface area contributed by atoms with Crippen molar-refractivity contribution >= 4 is 41.1 Å². The minimum absolute atomic E-state index is 0.0453. The number of anilines is 2. The predicted molar refractivity (Wildman–Crippen MR) is 117 cm³/mol. The number of guanidine groups is 1. The van der Waals surface area contributed by atoms with Crippen molar-refractivity contribution in [3.05, 3.63) is 46.7 Å². The minimum atomic E-state index is -0.583. The van der Waals surface area contributed by atoms with Crippen molar-refractivity contribution in [2.75, 3.05) is 18.0 Å². The van der Waals surface area contributed by atoms with Gasteiger partial charge in [0.25, 0.3) is 5.91 Å². The van der Waals surface area contributed by atoms with Crippen LogP contribution >= 0.6 is 11.6 Å². The molecule has 0 saturated heterocycles. The van der Waals surface area contributed by atoms with Crippen LogP contribution < -0.4 is 22.1 Å². The molecule has 6 N–H and O–H groups in total. The lowest BCUT2D eigenvalue weighted by Crippen LogP contribution is -2.42. The molecular formula is C20H24ClN7O3. The molecule has 2 heterocycles. The molecule has 1 atom stereocenters. The van der Waals surface area contributed by atoms with Crippen molar-refractivity contribution in [2.45, 2.75) is 38.3 Å². The third kappa shape index (κ3) is 6.54. The van der Waals surface area contributed by atoms with Crippen LogP contribution in [0.15, 0.2) is 35.3 Å². The van der Waals surface area contributed by atoms with Crippen molar-refractivity contribution < 1.29 is 14.3 Å². The lowest BCUT2D eigenvalue weighted by atomic mass is 10.1. The van der Waals surface area contributed by atoms with Crippen LogP contribution in [0.2, 0.25) is 5.15 Å². The van der Waals surface area contributed by atoms with Crippen LogP contribution in [0, 0.1) is 0 Å². The average Bonchev–Trinajstić information content (AvgIpc) is 3.20. The molecule has 0 fully saturated rings. The number of unbranched alkanes of at least 4 members (excludes halogenated alkanes) is 1. The Bertz CT molecular complexity index is 969. The first-order valence-electron chi connectivity index (χ1n) is 9.82. The molecule has 1 aromatic heterocycles. The van der Waals surface area contributed by atoms with Gasteiger partial charge < -0.3 is 21.5 Å². The van der Waals surface area contributed by atoms with E-state index in [-0.39, 0.29) is 41.1 Å². The number of benzene rings is 1. The molecular weight excluding hydrogens is 422 g/mol. The molecule has 0 spiro atoms. The summed E-state index contributed by atoms with van der Waals surface area (Å²) in [6.45, 7) is 0.798. The van der Waals surface area contributed by atoms with Crippen LogP contribution in [0.4, 0.5) is 11.6 Å². The van der Waals surface area contributed by atoms with Gasteiger partial charge in [0.05, 0.1) is 6.54 Å². The standard InChI is InChI=1S/C20H24ClN7O3/c21-16-18(23)27-17(22)15(26-16)19(30)28-20-24-10-13(25-20)8-4-5-9-14(29)31-11-12-6-2-1-3-7-12/h1-3,6-7,13H,4-5,8-11H2,(H4,22,23,27)(H2,24,25,28,30)/t13-/m1/s1. The van der Waals surface area contributed by atoms with Gasteiger partial charge >= 0.3 is 5.97 Å². The zero-order valence-electron chi connectivity index (χ0n) is 16.8. The number of halogens is 1. The van der Waals surface area contributed by atoms with E-state index in [1.807, 2.05) is 30.3 Å². The summed E-state index contributed by atoms with van der Waals surface area (Å²) in [6.07, 6.45) is 2.69. The van der Waals surface area contributed by atoms with Gasteiger partial charge in [0.2, 0.25) is 0 Å². The SMILES string of the molecule is Nc1nc(N)c(C(=O)NC2=NC[C@@H](CCCCC(=O)OCc3ccccc3)N2)nc1Cl. The molecule has 1 aliphatic rings. The number of ether oxygens (including phenoxy) is 1. The fourth-order valence-corrected chi connectivity index (χ4v) is 3.10. The molecule has 0 unspecified atom stereocenters. The smallest absolute Gasteiger partial charge is 0.306 e. The van der Waals surface area contributed by atoms with Gasteiger partial charge in [-0.25, -0.2) is 9.97 Å². The lowest BCUT2D eigenvalue weighted by Gasteiger charge is -2.12. The number of carbonyl (C=O) groups excluding carboxylic acids is 2. The minimum Gasteiger partial charge on any atom is -0.461 e. The van der Waals surface area contributed by atoms with Crippen LogP contribution in [0.5, 0.6) is 0 Å². The molecule has 1 aliphatic heterocycles. The first-order valence-corrected chi connectivity index (χ1v) is 10.2. The number of esters is 1. The molecule has 0 saturated carbocycles. The summed E-state index contributed by atoms with van der Waals surface area (Å²) in [6, 6.07) is 9.62. The van der Waals surface area contributed by atoms with Crippen LogP contribution in [0.25, 0.3) is 0 Å². The maximum atomic E-state index is 12.3.